The molecular formula is C18H12Cl2O4. The molecule has 1 aliphatic carbocycles. The fourth-order valence-electron chi connectivity index (χ4n) is 2.89. The molecule has 0 amide bonds. The highest BCUT2D eigenvalue weighted by Gasteiger charge is 2.55. The summed E-state index contributed by atoms with van der Waals surface area (Å²) in [5.74, 6) is -1.89. The van der Waals surface area contributed by atoms with Crippen molar-refractivity contribution in [3.8, 4) is 0 Å². The molecule has 0 saturated carbocycles. The fraction of sp³-hybridized carbons (Fsp3) is 0.167. The van der Waals surface area contributed by atoms with Crippen LogP contribution in [0.25, 0.3) is 0 Å². The number of ether oxygens (including phenoxy) is 1. The zero-order valence-electron chi connectivity index (χ0n) is 12.4. The average molecular weight is 363 g/mol. The number of carbonyl (C=O) groups is 3. The molecule has 1 atom stereocenters. The Morgan fingerprint density at radius 1 is 1.00 bits per heavy atom. The molecule has 3 rings (SSSR count). The average Bonchev–Trinajstić information content (AvgIpc) is 2.82. The van der Waals surface area contributed by atoms with Gasteiger partial charge in [-0.25, -0.2) is 0 Å². The van der Waals surface area contributed by atoms with Crippen LogP contribution in [0.1, 0.15) is 26.3 Å². The lowest BCUT2D eigenvalue weighted by Crippen LogP contribution is -2.43. The van der Waals surface area contributed by atoms with Crippen LogP contribution in [0.2, 0.25) is 5.02 Å². The van der Waals surface area contributed by atoms with Gasteiger partial charge in [0.25, 0.3) is 0 Å². The van der Waals surface area contributed by atoms with Crippen LogP contribution in [-0.4, -0.2) is 30.0 Å². The molecule has 0 heterocycles. The first kappa shape index (κ1) is 16.7. The Morgan fingerprint density at radius 2 is 1.67 bits per heavy atom. The minimum Gasteiger partial charge on any atom is -0.463 e. The van der Waals surface area contributed by atoms with Crippen LogP contribution in [-0.2, 0) is 14.9 Å². The number of hydrogen-bond acceptors (Lipinski definition) is 4. The zero-order chi connectivity index (χ0) is 17.3. The van der Waals surface area contributed by atoms with Gasteiger partial charge in [0.15, 0.2) is 17.0 Å². The van der Waals surface area contributed by atoms with E-state index in [1.165, 1.54) is 12.1 Å². The van der Waals surface area contributed by atoms with Crippen LogP contribution in [0.3, 0.4) is 0 Å². The Hall–Kier alpha value is -2.17. The molecule has 2 aromatic carbocycles. The van der Waals surface area contributed by atoms with Gasteiger partial charge in [-0.1, -0.05) is 41.9 Å². The standard InChI is InChI=1S/C18H12Cl2O4/c19-9-15(21)24-10-18(11-4-2-1-3-5-11)16(22)13-7-6-12(20)8-14(13)17(18)23/h1-8H,9-10H2/t18-/m1/s1. The second-order valence-electron chi connectivity index (χ2n) is 5.41. The van der Waals surface area contributed by atoms with Gasteiger partial charge in [-0.05, 0) is 23.8 Å². The molecule has 0 unspecified atom stereocenters. The molecule has 1 aliphatic rings. The maximum Gasteiger partial charge on any atom is 0.320 e. The Balaban J connectivity index is 2.15. The Bertz CT molecular complexity index is 832. The van der Waals surface area contributed by atoms with Gasteiger partial charge in [0.1, 0.15) is 12.5 Å². The number of rotatable bonds is 4. The first-order valence-corrected chi connectivity index (χ1v) is 8.08. The van der Waals surface area contributed by atoms with Crippen LogP contribution >= 0.6 is 23.2 Å². The predicted molar refractivity (Wildman–Crippen MR) is 89.9 cm³/mol. The van der Waals surface area contributed by atoms with E-state index in [1.54, 1.807) is 36.4 Å². The maximum atomic E-state index is 13.1. The highest BCUT2D eigenvalue weighted by atomic mass is 35.5. The predicted octanol–water partition coefficient (Wildman–Crippen LogP) is 3.44. The molecule has 4 nitrogen and oxygen atoms in total. The quantitative estimate of drug-likeness (QED) is 0.474. The lowest BCUT2D eigenvalue weighted by Gasteiger charge is -2.25. The number of carbonyl (C=O) groups excluding carboxylic acids is 3. The molecule has 0 spiro atoms. The largest absolute Gasteiger partial charge is 0.463 e. The molecule has 0 fully saturated rings. The number of fused-ring (bicyclic) bond motifs is 1. The summed E-state index contributed by atoms with van der Waals surface area (Å²) in [5.41, 5.74) is -0.626. The van der Waals surface area contributed by atoms with Gasteiger partial charge in [0.2, 0.25) is 0 Å². The first-order valence-electron chi connectivity index (χ1n) is 7.17. The van der Waals surface area contributed by atoms with Gasteiger partial charge in [-0.15, -0.1) is 11.6 Å². The van der Waals surface area contributed by atoms with Crippen molar-refractivity contribution in [2.75, 3.05) is 12.5 Å². The van der Waals surface area contributed by atoms with Crippen molar-refractivity contribution in [1.82, 2.24) is 0 Å². The molecule has 0 N–H and O–H groups in total. The second kappa shape index (κ2) is 6.38. The fourth-order valence-corrected chi connectivity index (χ4v) is 3.14. The lowest BCUT2D eigenvalue weighted by atomic mass is 9.76. The topological polar surface area (TPSA) is 60.4 Å². The molecule has 2 aromatic rings. The van der Waals surface area contributed by atoms with Crippen molar-refractivity contribution in [1.29, 1.82) is 0 Å². The van der Waals surface area contributed by atoms with Gasteiger partial charge in [0.05, 0.1) is 0 Å². The number of ketones is 2. The molecule has 122 valence electrons. The minimum atomic E-state index is -1.60. The normalized spacial score (nSPS) is 19.2. The van der Waals surface area contributed by atoms with Gasteiger partial charge in [-0.2, -0.15) is 0 Å². The number of alkyl halides is 1. The minimum absolute atomic E-state index is 0.235. The monoisotopic (exact) mass is 362 g/mol. The molecule has 0 radical (unpaired) electrons. The van der Waals surface area contributed by atoms with E-state index in [2.05, 4.69) is 0 Å². The highest BCUT2D eigenvalue weighted by molar-refractivity contribution is 6.36. The van der Waals surface area contributed by atoms with Gasteiger partial charge >= 0.3 is 5.97 Å². The van der Waals surface area contributed by atoms with E-state index in [4.69, 9.17) is 27.9 Å². The van der Waals surface area contributed by atoms with Crippen LogP contribution in [0.5, 0.6) is 0 Å². The van der Waals surface area contributed by atoms with Crippen molar-refractivity contribution in [3.63, 3.8) is 0 Å². The van der Waals surface area contributed by atoms with E-state index in [1.807, 2.05) is 0 Å². The van der Waals surface area contributed by atoms with Gasteiger partial charge < -0.3 is 4.74 Å². The summed E-state index contributed by atoms with van der Waals surface area (Å²) < 4.78 is 5.09. The summed E-state index contributed by atoms with van der Waals surface area (Å²) in [5, 5.41) is 0.358. The first-order chi connectivity index (χ1) is 11.5. The van der Waals surface area contributed by atoms with Crippen molar-refractivity contribution < 1.29 is 19.1 Å². The maximum absolute atomic E-state index is 13.1. The lowest BCUT2D eigenvalue weighted by molar-refractivity contribution is -0.141. The van der Waals surface area contributed by atoms with Crippen LogP contribution in [0.4, 0.5) is 0 Å². The zero-order valence-corrected chi connectivity index (χ0v) is 13.9. The van der Waals surface area contributed by atoms with E-state index < -0.39 is 29.6 Å². The summed E-state index contributed by atoms with van der Waals surface area (Å²) in [7, 11) is 0. The van der Waals surface area contributed by atoms with Gasteiger partial charge in [-0.3, -0.25) is 14.4 Å². The third-order valence-corrected chi connectivity index (χ3v) is 4.52. The number of Topliss-reactive ketones (excluding diaryl/α,β-unsaturated/α-hetero) is 2. The highest BCUT2D eigenvalue weighted by Crippen LogP contribution is 2.41. The number of hydrogen-bond donors (Lipinski definition) is 0. The third-order valence-electron chi connectivity index (χ3n) is 4.07. The summed E-state index contributed by atoms with van der Waals surface area (Å²) in [6.07, 6.45) is 0. The van der Waals surface area contributed by atoms with E-state index in [0.717, 1.165) is 0 Å². The van der Waals surface area contributed by atoms with Gasteiger partial charge in [0, 0.05) is 16.1 Å². The SMILES string of the molecule is O=C(CCl)OC[C@@]1(c2ccccc2)C(=O)c2ccc(Cl)cc2C1=O. The van der Waals surface area contributed by atoms with Crippen molar-refractivity contribution in [3.05, 3.63) is 70.2 Å². The van der Waals surface area contributed by atoms with Crippen LogP contribution in [0, 0.1) is 0 Å². The molecule has 6 heteroatoms. The third kappa shape index (κ3) is 2.52. The summed E-state index contributed by atoms with van der Waals surface area (Å²) in [4.78, 5) is 37.6. The second-order valence-corrected chi connectivity index (χ2v) is 6.12. The summed E-state index contributed by atoms with van der Waals surface area (Å²) in [6, 6.07) is 13.1. The Morgan fingerprint density at radius 3 is 2.33 bits per heavy atom. The van der Waals surface area contributed by atoms with Crippen molar-refractivity contribution in [2.24, 2.45) is 0 Å². The summed E-state index contributed by atoms with van der Waals surface area (Å²) >= 11 is 11.4. The van der Waals surface area contributed by atoms with E-state index in [-0.39, 0.29) is 17.0 Å². The Labute approximate surface area is 148 Å². The van der Waals surface area contributed by atoms with Crippen molar-refractivity contribution >= 4 is 40.7 Å². The van der Waals surface area contributed by atoms with E-state index in [0.29, 0.717) is 10.6 Å². The number of halogens is 2. The number of esters is 1. The van der Waals surface area contributed by atoms with Crippen LogP contribution < -0.4 is 0 Å². The smallest absolute Gasteiger partial charge is 0.320 e. The van der Waals surface area contributed by atoms with E-state index in [9.17, 15) is 14.4 Å². The number of benzene rings is 2. The van der Waals surface area contributed by atoms with Crippen molar-refractivity contribution in [2.45, 2.75) is 5.41 Å². The Kier molecular flexibility index (Phi) is 4.43. The molecule has 0 saturated heterocycles. The van der Waals surface area contributed by atoms with E-state index >= 15 is 0 Å². The molecular weight excluding hydrogens is 351 g/mol. The molecule has 0 aromatic heterocycles. The molecule has 24 heavy (non-hydrogen) atoms. The molecule has 0 bridgehead atoms. The summed E-state index contributed by atoms with van der Waals surface area (Å²) in [6.45, 7) is -0.396. The molecule has 0 aliphatic heterocycles. The van der Waals surface area contributed by atoms with Crippen LogP contribution in [0.15, 0.2) is 48.5 Å².